The number of hydrogen-bond acceptors (Lipinski definition) is 6. The molecule has 1 saturated heterocycles. The average molecular weight is 350 g/mol. The van der Waals surface area contributed by atoms with Crippen LogP contribution in [0.5, 0.6) is 0 Å². The van der Waals surface area contributed by atoms with E-state index >= 15 is 0 Å². The molecule has 0 bridgehead atoms. The second-order valence-corrected chi connectivity index (χ2v) is 8.14. The second-order valence-electron chi connectivity index (χ2n) is 6.06. The number of sulfonamides is 1. The van der Waals surface area contributed by atoms with Gasteiger partial charge in [-0.05, 0) is 26.0 Å². The standard InChI is InChI=1S/C16H22N4O3S/c1-12-9-20(10-13(2)23-12)24(21,22)8-7-17-16-14-5-3-4-6-15(14)18-11-19-16/h3-6,11-13H,7-10H2,1-2H3,(H,17,18,19). The number of fused-ring (bicyclic) bond motifs is 1. The molecule has 1 fully saturated rings. The largest absolute Gasteiger partial charge is 0.373 e. The van der Waals surface area contributed by atoms with Gasteiger partial charge >= 0.3 is 0 Å². The summed E-state index contributed by atoms with van der Waals surface area (Å²) in [5.41, 5.74) is 0.827. The van der Waals surface area contributed by atoms with E-state index in [2.05, 4.69) is 15.3 Å². The van der Waals surface area contributed by atoms with Gasteiger partial charge in [-0.3, -0.25) is 0 Å². The minimum absolute atomic E-state index is 0.0186. The lowest BCUT2D eigenvalue weighted by Crippen LogP contribution is -2.49. The number of benzene rings is 1. The fourth-order valence-corrected chi connectivity index (χ4v) is 4.42. The van der Waals surface area contributed by atoms with Crippen LogP contribution in [0.25, 0.3) is 10.9 Å². The van der Waals surface area contributed by atoms with E-state index in [1.165, 1.54) is 10.6 Å². The van der Waals surface area contributed by atoms with Gasteiger partial charge in [-0.2, -0.15) is 4.31 Å². The Balaban J connectivity index is 1.65. The third kappa shape index (κ3) is 3.82. The van der Waals surface area contributed by atoms with Crippen LogP contribution in [0.2, 0.25) is 0 Å². The molecule has 1 N–H and O–H groups in total. The van der Waals surface area contributed by atoms with Crippen LogP contribution in [0, 0.1) is 0 Å². The Hall–Kier alpha value is -1.77. The van der Waals surface area contributed by atoms with E-state index in [-0.39, 0.29) is 18.0 Å². The fourth-order valence-electron chi connectivity index (χ4n) is 2.93. The van der Waals surface area contributed by atoms with Crippen LogP contribution in [0.3, 0.4) is 0 Å². The van der Waals surface area contributed by atoms with Gasteiger partial charge in [0.05, 0.1) is 23.5 Å². The Kier molecular flexibility index (Phi) is 4.98. The highest BCUT2D eigenvalue weighted by Crippen LogP contribution is 2.19. The van der Waals surface area contributed by atoms with Crippen molar-refractivity contribution in [2.75, 3.05) is 30.7 Å². The molecule has 130 valence electrons. The molecule has 0 saturated carbocycles. The molecule has 7 nitrogen and oxygen atoms in total. The maximum Gasteiger partial charge on any atom is 0.216 e. The zero-order chi connectivity index (χ0) is 17.2. The number of aromatic nitrogens is 2. The number of anilines is 1. The topological polar surface area (TPSA) is 84.4 Å². The summed E-state index contributed by atoms with van der Waals surface area (Å²) in [6.45, 7) is 4.89. The van der Waals surface area contributed by atoms with Crippen molar-refractivity contribution in [2.24, 2.45) is 0 Å². The highest BCUT2D eigenvalue weighted by atomic mass is 32.2. The molecule has 0 amide bonds. The summed E-state index contributed by atoms with van der Waals surface area (Å²) in [7, 11) is -3.33. The predicted octanol–water partition coefficient (Wildman–Crippen LogP) is 1.48. The predicted molar refractivity (Wildman–Crippen MR) is 93.4 cm³/mol. The first-order chi connectivity index (χ1) is 11.5. The second kappa shape index (κ2) is 7.00. The van der Waals surface area contributed by atoms with Crippen molar-refractivity contribution in [1.82, 2.24) is 14.3 Å². The summed E-state index contributed by atoms with van der Waals surface area (Å²) in [6, 6.07) is 7.63. The average Bonchev–Trinajstić information content (AvgIpc) is 2.54. The molecule has 2 unspecified atom stereocenters. The monoisotopic (exact) mass is 350 g/mol. The molecule has 24 heavy (non-hydrogen) atoms. The Morgan fingerprint density at radius 1 is 1.21 bits per heavy atom. The number of para-hydroxylation sites is 1. The molecular formula is C16H22N4O3S. The van der Waals surface area contributed by atoms with Crippen LogP contribution in [0.15, 0.2) is 30.6 Å². The van der Waals surface area contributed by atoms with E-state index < -0.39 is 10.0 Å². The Bertz CT molecular complexity index is 797. The van der Waals surface area contributed by atoms with Crippen LogP contribution in [0.1, 0.15) is 13.8 Å². The molecule has 2 atom stereocenters. The van der Waals surface area contributed by atoms with Gasteiger partial charge < -0.3 is 10.1 Å². The number of rotatable bonds is 5. The zero-order valence-electron chi connectivity index (χ0n) is 13.8. The number of ether oxygens (including phenoxy) is 1. The minimum atomic E-state index is -3.33. The third-order valence-corrected chi connectivity index (χ3v) is 5.78. The Labute approximate surface area is 142 Å². The maximum atomic E-state index is 12.5. The highest BCUT2D eigenvalue weighted by molar-refractivity contribution is 7.89. The van der Waals surface area contributed by atoms with Crippen molar-refractivity contribution in [3.63, 3.8) is 0 Å². The van der Waals surface area contributed by atoms with E-state index in [9.17, 15) is 8.42 Å². The van der Waals surface area contributed by atoms with E-state index in [0.29, 0.717) is 25.5 Å². The lowest BCUT2D eigenvalue weighted by atomic mass is 10.2. The van der Waals surface area contributed by atoms with Crippen molar-refractivity contribution >= 4 is 26.7 Å². The minimum Gasteiger partial charge on any atom is -0.373 e. The lowest BCUT2D eigenvalue weighted by Gasteiger charge is -2.34. The SMILES string of the molecule is CC1CN(S(=O)(=O)CCNc2ncnc3ccccc23)CC(C)O1. The van der Waals surface area contributed by atoms with E-state index in [1.807, 2.05) is 38.1 Å². The number of morpholine rings is 1. The number of nitrogens with zero attached hydrogens (tertiary/aromatic N) is 3. The molecule has 8 heteroatoms. The van der Waals surface area contributed by atoms with Gasteiger partial charge in [-0.1, -0.05) is 12.1 Å². The van der Waals surface area contributed by atoms with Crippen molar-refractivity contribution in [1.29, 1.82) is 0 Å². The van der Waals surface area contributed by atoms with Gasteiger partial charge in [0.15, 0.2) is 0 Å². The maximum absolute atomic E-state index is 12.5. The summed E-state index contributed by atoms with van der Waals surface area (Å²) < 4.78 is 32.2. The normalized spacial score (nSPS) is 22.6. The smallest absolute Gasteiger partial charge is 0.216 e. The first-order valence-corrected chi connectivity index (χ1v) is 9.63. The van der Waals surface area contributed by atoms with E-state index in [4.69, 9.17) is 4.74 Å². The van der Waals surface area contributed by atoms with Gasteiger partial charge in [-0.15, -0.1) is 0 Å². The van der Waals surface area contributed by atoms with Gasteiger partial charge in [0.1, 0.15) is 12.1 Å². The van der Waals surface area contributed by atoms with Crippen molar-refractivity contribution < 1.29 is 13.2 Å². The van der Waals surface area contributed by atoms with Crippen LogP contribution in [-0.4, -0.2) is 60.3 Å². The molecule has 2 heterocycles. The lowest BCUT2D eigenvalue weighted by molar-refractivity contribution is -0.0440. The van der Waals surface area contributed by atoms with E-state index in [0.717, 1.165) is 10.9 Å². The highest BCUT2D eigenvalue weighted by Gasteiger charge is 2.30. The molecule has 1 aromatic heterocycles. The molecular weight excluding hydrogens is 328 g/mol. The van der Waals surface area contributed by atoms with Crippen LogP contribution in [-0.2, 0) is 14.8 Å². The van der Waals surface area contributed by atoms with Crippen molar-refractivity contribution in [2.45, 2.75) is 26.1 Å². The molecule has 0 aliphatic carbocycles. The van der Waals surface area contributed by atoms with Gasteiger partial charge in [0.2, 0.25) is 10.0 Å². The number of hydrogen-bond donors (Lipinski definition) is 1. The molecule has 1 aliphatic heterocycles. The molecule has 3 rings (SSSR count). The number of nitrogens with one attached hydrogen (secondary N) is 1. The van der Waals surface area contributed by atoms with Crippen LogP contribution < -0.4 is 5.32 Å². The van der Waals surface area contributed by atoms with Gasteiger partial charge in [0.25, 0.3) is 0 Å². The zero-order valence-corrected chi connectivity index (χ0v) is 14.7. The molecule has 1 aromatic carbocycles. The first-order valence-electron chi connectivity index (χ1n) is 8.02. The third-order valence-electron chi connectivity index (χ3n) is 3.97. The van der Waals surface area contributed by atoms with Gasteiger partial charge in [-0.25, -0.2) is 18.4 Å². The summed E-state index contributed by atoms with van der Waals surface area (Å²) in [4.78, 5) is 8.41. The van der Waals surface area contributed by atoms with Crippen LogP contribution in [0.4, 0.5) is 5.82 Å². The quantitative estimate of drug-likeness (QED) is 0.879. The first kappa shape index (κ1) is 17.1. The van der Waals surface area contributed by atoms with E-state index in [1.54, 1.807) is 0 Å². The summed E-state index contributed by atoms with van der Waals surface area (Å²) >= 11 is 0. The Morgan fingerprint density at radius 3 is 2.67 bits per heavy atom. The van der Waals surface area contributed by atoms with Gasteiger partial charge in [0, 0.05) is 25.0 Å². The van der Waals surface area contributed by atoms with Crippen molar-refractivity contribution in [3.8, 4) is 0 Å². The summed E-state index contributed by atoms with van der Waals surface area (Å²) in [5.74, 6) is 0.671. The van der Waals surface area contributed by atoms with Crippen LogP contribution >= 0.6 is 0 Å². The Morgan fingerprint density at radius 2 is 1.92 bits per heavy atom. The molecule has 1 aliphatic rings. The molecule has 0 radical (unpaired) electrons. The molecule has 0 spiro atoms. The summed E-state index contributed by atoms with van der Waals surface area (Å²) in [5, 5.41) is 4.00. The summed E-state index contributed by atoms with van der Waals surface area (Å²) in [6.07, 6.45) is 1.31. The van der Waals surface area contributed by atoms with Crippen molar-refractivity contribution in [3.05, 3.63) is 30.6 Å². The molecule has 2 aromatic rings. The fraction of sp³-hybridized carbons (Fsp3) is 0.500.